The lowest BCUT2D eigenvalue weighted by Crippen LogP contribution is -2.12. The third-order valence-corrected chi connectivity index (χ3v) is 3.58. The van der Waals surface area contributed by atoms with Crippen molar-refractivity contribution in [3.05, 3.63) is 40.3 Å². The van der Waals surface area contributed by atoms with E-state index >= 15 is 0 Å². The van der Waals surface area contributed by atoms with Crippen LogP contribution in [0.2, 0.25) is 0 Å². The standard InChI is InChI=1S/C13H16FNOS/c1-9(2)10-5-11(14)7-12(6-10)16-8-13-15-3-4-17-13/h3-5,7,9-10H,6,8H2,1-2H3. The smallest absolute Gasteiger partial charge is 0.139 e. The molecular weight excluding hydrogens is 237 g/mol. The van der Waals surface area contributed by atoms with Crippen molar-refractivity contribution in [2.75, 3.05) is 0 Å². The lowest BCUT2D eigenvalue weighted by molar-refractivity contribution is 0.174. The lowest BCUT2D eigenvalue weighted by atomic mass is 9.88. The number of hydrogen-bond acceptors (Lipinski definition) is 3. The molecule has 0 aromatic carbocycles. The summed E-state index contributed by atoms with van der Waals surface area (Å²) < 4.78 is 19.0. The molecule has 1 aliphatic carbocycles. The summed E-state index contributed by atoms with van der Waals surface area (Å²) >= 11 is 1.55. The number of ether oxygens (including phenoxy) is 1. The average Bonchev–Trinajstić information content (AvgIpc) is 2.78. The highest BCUT2D eigenvalue weighted by Crippen LogP contribution is 2.29. The summed E-state index contributed by atoms with van der Waals surface area (Å²) in [6.07, 6.45) is 5.68. The summed E-state index contributed by atoms with van der Waals surface area (Å²) in [6, 6.07) is 0. The van der Waals surface area contributed by atoms with Gasteiger partial charge in [-0.3, -0.25) is 0 Å². The third-order valence-electron chi connectivity index (χ3n) is 2.83. The second-order valence-corrected chi connectivity index (χ2v) is 5.47. The van der Waals surface area contributed by atoms with Crippen molar-refractivity contribution < 1.29 is 9.13 Å². The molecule has 17 heavy (non-hydrogen) atoms. The largest absolute Gasteiger partial charge is 0.491 e. The molecule has 1 aliphatic rings. The predicted molar refractivity (Wildman–Crippen MR) is 67.1 cm³/mol. The Labute approximate surface area is 105 Å². The van der Waals surface area contributed by atoms with E-state index in [-0.39, 0.29) is 11.7 Å². The number of halogens is 1. The van der Waals surface area contributed by atoms with E-state index in [1.807, 2.05) is 5.38 Å². The highest BCUT2D eigenvalue weighted by molar-refractivity contribution is 7.09. The van der Waals surface area contributed by atoms with E-state index < -0.39 is 0 Å². The zero-order chi connectivity index (χ0) is 12.3. The second-order valence-electron chi connectivity index (χ2n) is 4.49. The van der Waals surface area contributed by atoms with Crippen molar-refractivity contribution in [2.24, 2.45) is 11.8 Å². The van der Waals surface area contributed by atoms with Gasteiger partial charge in [0.05, 0.1) is 0 Å². The fourth-order valence-electron chi connectivity index (χ4n) is 1.76. The molecule has 4 heteroatoms. The predicted octanol–water partition coefficient (Wildman–Crippen LogP) is 4.07. The summed E-state index contributed by atoms with van der Waals surface area (Å²) in [6.45, 7) is 4.62. The van der Waals surface area contributed by atoms with E-state index in [1.165, 1.54) is 6.08 Å². The lowest BCUT2D eigenvalue weighted by Gasteiger charge is -2.22. The number of rotatable bonds is 4. The Morgan fingerprint density at radius 3 is 3.06 bits per heavy atom. The van der Waals surface area contributed by atoms with Crippen LogP contribution >= 0.6 is 11.3 Å². The third kappa shape index (κ3) is 3.40. The van der Waals surface area contributed by atoms with Crippen molar-refractivity contribution in [1.29, 1.82) is 0 Å². The summed E-state index contributed by atoms with van der Waals surface area (Å²) in [5.74, 6) is 1.18. The average molecular weight is 253 g/mol. The molecule has 0 spiro atoms. The SMILES string of the molecule is CC(C)C1C=C(F)C=C(OCc2nccs2)C1. The first-order chi connectivity index (χ1) is 8.15. The maximum absolute atomic E-state index is 13.4. The van der Waals surface area contributed by atoms with Crippen LogP contribution in [-0.4, -0.2) is 4.98 Å². The van der Waals surface area contributed by atoms with Gasteiger partial charge in [0.1, 0.15) is 23.2 Å². The van der Waals surface area contributed by atoms with Crippen LogP contribution in [0, 0.1) is 11.8 Å². The maximum Gasteiger partial charge on any atom is 0.139 e. The number of hydrogen-bond donors (Lipinski definition) is 0. The van der Waals surface area contributed by atoms with Gasteiger partial charge in [0.15, 0.2) is 0 Å². The molecule has 0 saturated heterocycles. The van der Waals surface area contributed by atoms with Crippen LogP contribution in [-0.2, 0) is 11.3 Å². The van der Waals surface area contributed by atoms with Gasteiger partial charge < -0.3 is 4.74 Å². The molecule has 1 aromatic rings. The fourth-order valence-corrected chi connectivity index (χ4v) is 2.29. The van der Waals surface area contributed by atoms with Gasteiger partial charge in [-0.15, -0.1) is 11.3 Å². The van der Waals surface area contributed by atoms with Gasteiger partial charge in [0.25, 0.3) is 0 Å². The first-order valence-corrected chi connectivity index (χ1v) is 6.62. The fraction of sp³-hybridized carbons (Fsp3) is 0.462. The number of aromatic nitrogens is 1. The van der Waals surface area contributed by atoms with Crippen molar-refractivity contribution in [2.45, 2.75) is 26.9 Å². The van der Waals surface area contributed by atoms with Crippen molar-refractivity contribution in [3.8, 4) is 0 Å². The van der Waals surface area contributed by atoms with Gasteiger partial charge in [0, 0.05) is 24.1 Å². The van der Waals surface area contributed by atoms with Crippen LogP contribution in [0.5, 0.6) is 0 Å². The van der Waals surface area contributed by atoms with Crippen molar-refractivity contribution in [3.63, 3.8) is 0 Å². The van der Waals surface area contributed by atoms with Gasteiger partial charge in [-0.2, -0.15) is 0 Å². The number of thiazole rings is 1. The van der Waals surface area contributed by atoms with Crippen LogP contribution in [0.3, 0.4) is 0 Å². The van der Waals surface area contributed by atoms with Gasteiger partial charge in [-0.05, 0) is 17.9 Å². The Kier molecular flexibility index (Phi) is 3.94. The van der Waals surface area contributed by atoms with Gasteiger partial charge in [-0.25, -0.2) is 9.37 Å². The van der Waals surface area contributed by atoms with Crippen molar-refractivity contribution >= 4 is 11.3 Å². The summed E-state index contributed by atoms with van der Waals surface area (Å²) in [5, 5.41) is 2.83. The normalized spacial score (nSPS) is 20.1. The minimum atomic E-state index is -0.191. The molecule has 1 unspecified atom stereocenters. The molecule has 0 N–H and O–H groups in total. The Balaban J connectivity index is 1.95. The minimum absolute atomic E-state index is 0.191. The Hall–Kier alpha value is -1.16. The highest BCUT2D eigenvalue weighted by Gasteiger charge is 2.19. The van der Waals surface area contributed by atoms with Crippen LogP contribution < -0.4 is 0 Å². The summed E-state index contributed by atoms with van der Waals surface area (Å²) in [4.78, 5) is 4.13. The molecule has 0 saturated carbocycles. The van der Waals surface area contributed by atoms with Crippen LogP contribution in [0.25, 0.3) is 0 Å². The molecule has 2 nitrogen and oxygen atoms in total. The quantitative estimate of drug-likeness (QED) is 0.807. The molecule has 1 aromatic heterocycles. The van der Waals surface area contributed by atoms with E-state index in [1.54, 1.807) is 23.6 Å². The molecule has 0 aliphatic heterocycles. The van der Waals surface area contributed by atoms with Gasteiger partial charge in [-0.1, -0.05) is 13.8 Å². The molecular formula is C13H16FNOS. The maximum atomic E-state index is 13.4. The minimum Gasteiger partial charge on any atom is -0.491 e. The number of allylic oxidation sites excluding steroid dienone is 4. The Bertz CT molecular complexity index is 423. The first-order valence-electron chi connectivity index (χ1n) is 5.74. The molecule has 0 radical (unpaired) electrons. The zero-order valence-electron chi connectivity index (χ0n) is 10.0. The number of nitrogens with zero attached hydrogens (tertiary/aromatic N) is 1. The van der Waals surface area contributed by atoms with Gasteiger partial charge in [0.2, 0.25) is 0 Å². The topological polar surface area (TPSA) is 22.1 Å². The van der Waals surface area contributed by atoms with E-state index in [2.05, 4.69) is 18.8 Å². The Morgan fingerprint density at radius 2 is 2.41 bits per heavy atom. The van der Waals surface area contributed by atoms with Crippen LogP contribution in [0.1, 0.15) is 25.3 Å². The van der Waals surface area contributed by atoms with E-state index in [4.69, 9.17) is 4.74 Å². The second kappa shape index (κ2) is 5.45. The van der Waals surface area contributed by atoms with E-state index in [0.717, 1.165) is 17.2 Å². The van der Waals surface area contributed by atoms with Gasteiger partial charge >= 0.3 is 0 Å². The first kappa shape index (κ1) is 12.3. The molecule has 0 bridgehead atoms. The molecule has 0 amide bonds. The van der Waals surface area contributed by atoms with Crippen LogP contribution in [0.4, 0.5) is 4.39 Å². The zero-order valence-corrected chi connectivity index (χ0v) is 10.8. The molecule has 1 atom stereocenters. The van der Waals surface area contributed by atoms with E-state index in [0.29, 0.717) is 12.5 Å². The van der Waals surface area contributed by atoms with Crippen LogP contribution in [0.15, 0.2) is 35.3 Å². The molecule has 1 heterocycles. The molecule has 0 fully saturated rings. The highest BCUT2D eigenvalue weighted by atomic mass is 32.1. The summed E-state index contributed by atoms with van der Waals surface area (Å²) in [5.41, 5.74) is 0. The van der Waals surface area contributed by atoms with Crippen molar-refractivity contribution in [1.82, 2.24) is 4.98 Å². The van der Waals surface area contributed by atoms with E-state index in [9.17, 15) is 4.39 Å². The monoisotopic (exact) mass is 253 g/mol. The molecule has 92 valence electrons. The Morgan fingerprint density at radius 1 is 1.59 bits per heavy atom. The molecule has 2 rings (SSSR count). The summed E-state index contributed by atoms with van der Waals surface area (Å²) in [7, 11) is 0.